The number of hydrogen-bond acceptors (Lipinski definition) is 1. The molecule has 1 heterocycles. The van der Waals surface area contributed by atoms with Crippen molar-refractivity contribution in [1.82, 2.24) is 0 Å². The maximum atomic E-state index is 6.58. The molecule has 1 aliphatic carbocycles. The second-order valence-electron chi connectivity index (χ2n) is 8.22. The number of fused-ring (bicyclic) bond motifs is 5. The van der Waals surface area contributed by atoms with Crippen molar-refractivity contribution in [2.24, 2.45) is 0 Å². The van der Waals surface area contributed by atoms with Gasteiger partial charge in [0.1, 0.15) is 12.4 Å². The first-order valence-electron chi connectivity index (χ1n) is 10.4. The highest BCUT2D eigenvalue weighted by Crippen LogP contribution is 2.53. The standard InChI is InChI=1S/C28H26O/c1-4-9-24-20(3)23-11-6-7-12-25(23)28(24)18-29-27-13-8-5-10-22(27)17-21-15-14-19(2)16-26(21)28/h4-16H,17-18H2,1-3H3/b9-4-. The first-order valence-corrected chi connectivity index (χ1v) is 10.4. The van der Waals surface area contributed by atoms with Gasteiger partial charge in [0, 0.05) is 6.42 Å². The van der Waals surface area contributed by atoms with Gasteiger partial charge >= 0.3 is 0 Å². The highest BCUT2D eigenvalue weighted by atomic mass is 16.5. The summed E-state index contributed by atoms with van der Waals surface area (Å²) in [5.74, 6) is 1.000. The molecule has 29 heavy (non-hydrogen) atoms. The van der Waals surface area contributed by atoms with E-state index < -0.39 is 0 Å². The molecule has 0 aromatic heterocycles. The van der Waals surface area contributed by atoms with Crippen LogP contribution in [-0.4, -0.2) is 6.61 Å². The molecule has 0 fully saturated rings. The molecule has 2 aliphatic rings. The Hall–Kier alpha value is -3.06. The van der Waals surface area contributed by atoms with Crippen molar-refractivity contribution in [3.63, 3.8) is 0 Å². The largest absolute Gasteiger partial charge is 0.492 e. The normalized spacial score (nSPS) is 20.1. The molecule has 1 unspecified atom stereocenters. The molecule has 144 valence electrons. The van der Waals surface area contributed by atoms with Crippen molar-refractivity contribution in [3.05, 3.63) is 118 Å². The average Bonchev–Trinajstić information content (AvgIpc) is 2.97. The minimum atomic E-state index is -0.290. The maximum Gasteiger partial charge on any atom is 0.122 e. The van der Waals surface area contributed by atoms with E-state index in [4.69, 9.17) is 4.74 Å². The minimum Gasteiger partial charge on any atom is -0.492 e. The number of allylic oxidation sites excluding steroid dienone is 3. The predicted molar refractivity (Wildman–Crippen MR) is 121 cm³/mol. The number of benzene rings is 3. The van der Waals surface area contributed by atoms with E-state index in [9.17, 15) is 0 Å². The summed E-state index contributed by atoms with van der Waals surface area (Å²) in [6.45, 7) is 7.15. The van der Waals surface area contributed by atoms with Gasteiger partial charge in [-0.15, -0.1) is 0 Å². The first kappa shape index (κ1) is 18.0. The zero-order chi connectivity index (χ0) is 20.0. The Bertz CT molecular complexity index is 1160. The third-order valence-electron chi connectivity index (χ3n) is 6.51. The van der Waals surface area contributed by atoms with Crippen molar-refractivity contribution in [2.75, 3.05) is 6.61 Å². The van der Waals surface area contributed by atoms with Crippen LogP contribution in [0.2, 0.25) is 0 Å². The third-order valence-corrected chi connectivity index (χ3v) is 6.51. The molecule has 5 rings (SSSR count). The second kappa shape index (κ2) is 6.77. The van der Waals surface area contributed by atoms with Gasteiger partial charge in [0.25, 0.3) is 0 Å². The van der Waals surface area contributed by atoms with Crippen molar-refractivity contribution in [3.8, 4) is 5.75 Å². The topological polar surface area (TPSA) is 9.23 Å². The molecule has 3 aromatic carbocycles. The van der Waals surface area contributed by atoms with E-state index >= 15 is 0 Å². The Morgan fingerprint density at radius 2 is 1.66 bits per heavy atom. The summed E-state index contributed by atoms with van der Waals surface area (Å²) in [7, 11) is 0. The number of para-hydroxylation sites is 1. The lowest BCUT2D eigenvalue weighted by molar-refractivity contribution is 0.261. The number of rotatable bonds is 1. The van der Waals surface area contributed by atoms with Gasteiger partial charge in [-0.2, -0.15) is 0 Å². The Balaban J connectivity index is 1.86. The molecule has 0 amide bonds. The summed E-state index contributed by atoms with van der Waals surface area (Å²) in [5, 5.41) is 0. The molecule has 1 nitrogen and oxygen atoms in total. The van der Waals surface area contributed by atoms with Gasteiger partial charge in [-0.05, 0) is 65.8 Å². The Morgan fingerprint density at radius 3 is 2.52 bits per heavy atom. The number of aryl methyl sites for hydroxylation is 1. The van der Waals surface area contributed by atoms with Crippen LogP contribution in [-0.2, 0) is 11.8 Å². The Morgan fingerprint density at radius 1 is 0.862 bits per heavy atom. The lowest BCUT2D eigenvalue weighted by atomic mass is 9.69. The lowest BCUT2D eigenvalue weighted by Crippen LogP contribution is -2.37. The predicted octanol–water partition coefficient (Wildman–Crippen LogP) is 6.63. The first-order chi connectivity index (χ1) is 14.1. The van der Waals surface area contributed by atoms with Crippen molar-refractivity contribution >= 4 is 5.57 Å². The van der Waals surface area contributed by atoms with Crippen LogP contribution in [0.1, 0.15) is 47.2 Å². The fourth-order valence-corrected chi connectivity index (χ4v) is 5.17. The average molecular weight is 379 g/mol. The van der Waals surface area contributed by atoms with Crippen molar-refractivity contribution in [1.29, 1.82) is 0 Å². The van der Waals surface area contributed by atoms with Crippen LogP contribution in [0, 0.1) is 6.92 Å². The number of hydrogen-bond donors (Lipinski definition) is 0. The summed E-state index contributed by atoms with van der Waals surface area (Å²) >= 11 is 0. The monoisotopic (exact) mass is 378 g/mol. The van der Waals surface area contributed by atoms with Gasteiger partial charge in [-0.1, -0.05) is 78.4 Å². The fraction of sp³-hybridized carbons (Fsp3) is 0.214. The van der Waals surface area contributed by atoms with Gasteiger partial charge in [-0.3, -0.25) is 0 Å². The maximum absolute atomic E-state index is 6.58. The van der Waals surface area contributed by atoms with Crippen LogP contribution in [0.5, 0.6) is 5.75 Å². The summed E-state index contributed by atoms with van der Waals surface area (Å²) in [5.41, 5.74) is 10.4. The van der Waals surface area contributed by atoms with Gasteiger partial charge in [0.15, 0.2) is 0 Å². The summed E-state index contributed by atoms with van der Waals surface area (Å²) in [6.07, 6.45) is 5.34. The quantitative estimate of drug-likeness (QED) is 0.462. The zero-order valence-electron chi connectivity index (χ0n) is 17.3. The highest BCUT2D eigenvalue weighted by Gasteiger charge is 2.47. The smallest absolute Gasteiger partial charge is 0.122 e. The third kappa shape index (κ3) is 2.61. The van der Waals surface area contributed by atoms with Crippen LogP contribution < -0.4 is 4.74 Å². The second-order valence-corrected chi connectivity index (χ2v) is 8.22. The Labute approximate surface area is 173 Å². The van der Waals surface area contributed by atoms with E-state index in [1.54, 1.807) is 0 Å². The van der Waals surface area contributed by atoms with Crippen LogP contribution >= 0.6 is 0 Å². The lowest BCUT2D eigenvalue weighted by Gasteiger charge is -2.37. The molecule has 1 aliphatic heterocycles. The molecular weight excluding hydrogens is 352 g/mol. The molecule has 1 atom stereocenters. The van der Waals surface area contributed by atoms with E-state index in [-0.39, 0.29) is 5.41 Å². The van der Waals surface area contributed by atoms with Crippen LogP contribution in [0.3, 0.4) is 0 Å². The fourth-order valence-electron chi connectivity index (χ4n) is 5.17. The molecule has 0 N–H and O–H groups in total. The van der Waals surface area contributed by atoms with E-state index in [2.05, 4.69) is 99.7 Å². The van der Waals surface area contributed by atoms with Gasteiger partial charge < -0.3 is 4.74 Å². The highest BCUT2D eigenvalue weighted by molar-refractivity contribution is 5.84. The van der Waals surface area contributed by atoms with Crippen LogP contribution in [0.4, 0.5) is 0 Å². The zero-order valence-corrected chi connectivity index (χ0v) is 17.3. The van der Waals surface area contributed by atoms with E-state index in [0.717, 1.165) is 12.2 Å². The van der Waals surface area contributed by atoms with Gasteiger partial charge in [0.2, 0.25) is 0 Å². The van der Waals surface area contributed by atoms with Crippen LogP contribution in [0.25, 0.3) is 5.57 Å². The molecule has 3 aromatic rings. The van der Waals surface area contributed by atoms with Crippen LogP contribution in [0.15, 0.2) is 84.5 Å². The molecular formula is C28H26O. The molecule has 1 spiro atoms. The number of ether oxygens (including phenoxy) is 1. The molecule has 1 heteroatoms. The minimum absolute atomic E-state index is 0.290. The summed E-state index contributed by atoms with van der Waals surface area (Å²) in [4.78, 5) is 0. The van der Waals surface area contributed by atoms with E-state index in [0.29, 0.717) is 6.61 Å². The summed E-state index contributed by atoms with van der Waals surface area (Å²) in [6, 6.07) is 24.3. The van der Waals surface area contributed by atoms with E-state index in [1.165, 1.54) is 44.5 Å². The van der Waals surface area contributed by atoms with E-state index in [1.807, 2.05) is 0 Å². The van der Waals surface area contributed by atoms with Crippen molar-refractivity contribution < 1.29 is 4.74 Å². The molecule has 0 saturated heterocycles. The van der Waals surface area contributed by atoms with Gasteiger partial charge in [-0.25, -0.2) is 0 Å². The van der Waals surface area contributed by atoms with Crippen molar-refractivity contribution in [2.45, 2.75) is 32.6 Å². The SMILES string of the molecule is C/C=C\C1=C(C)c2ccccc2C12COc1ccccc1Cc1ccc(C)cc12. The molecule has 0 radical (unpaired) electrons. The Kier molecular flexibility index (Phi) is 4.20. The molecule has 0 saturated carbocycles. The molecule has 0 bridgehead atoms. The summed E-state index contributed by atoms with van der Waals surface area (Å²) < 4.78 is 6.58. The van der Waals surface area contributed by atoms with Gasteiger partial charge in [0.05, 0.1) is 5.41 Å².